The minimum Gasteiger partial charge on any atom is -0.454 e. The van der Waals surface area contributed by atoms with E-state index >= 15 is 0 Å². The number of anilines is 1. The number of rotatable bonds is 8. The molecule has 1 aliphatic rings. The van der Waals surface area contributed by atoms with Gasteiger partial charge in [-0.05, 0) is 31.2 Å². The summed E-state index contributed by atoms with van der Waals surface area (Å²) >= 11 is 0. The van der Waals surface area contributed by atoms with Gasteiger partial charge < -0.3 is 30.2 Å². The van der Waals surface area contributed by atoms with Gasteiger partial charge in [-0.1, -0.05) is 6.07 Å². The zero-order valence-corrected chi connectivity index (χ0v) is 19.3. The van der Waals surface area contributed by atoms with Crippen LogP contribution in [0.2, 0.25) is 0 Å². The van der Waals surface area contributed by atoms with Gasteiger partial charge in [-0.2, -0.15) is 8.78 Å². The van der Waals surface area contributed by atoms with Crippen LogP contribution in [0.5, 0.6) is 17.2 Å². The van der Waals surface area contributed by atoms with Crippen molar-refractivity contribution < 1.29 is 32.2 Å². The number of benzene rings is 2. The van der Waals surface area contributed by atoms with Gasteiger partial charge in [0, 0.05) is 23.9 Å². The summed E-state index contributed by atoms with van der Waals surface area (Å²) in [6.45, 7) is -0.875. The van der Waals surface area contributed by atoms with E-state index in [9.17, 15) is 18.0 Å². The molecule has 0 spiro atoms. The van der Waals surface area contributed by atoms with E-state index in [-0.39, 0.29) is 55.6 Å². The number of guanidine groups is 1. The Balaban J connectivity index is 0.00000363. The average molecular weight is 566 g/mol. The normalized spacial score (nSPS) is 12.2. The number of hydrogen-bond acceptors (Lipinski definition) is 5. The highest BCUT2D eigenvalue weighted by Crippen LogP contribution is 2.39. The third kappa shape index (κ3) is 7.35. The molecule has 0 saturated carbocycles. The van der Waals surface area contributed by atoms with Crippen molar-refractivity contribution in [3.05, 3.63) is 47.8 Å². The Bertz CT molecular complexity index is 962. The molecule has 0 fully saturated rings. The Morgan fingerprint density at radius 3 is 2.62 bits per heavy atom. The number of nitrogens with one attached hydrogen (secondary N) is 3. The van der Waals surface area contributed by atoms with Crippen molar-refractivity contribution in [2.45, 2.75) is 20.1 Å². The van der Waals surface area contributed by atoms with Gasteiger partial charge >= 0.3 is 6.61 Å². The van der Waals surface area contributed by atoms with E-state index in [0.29, 0.717) is 29.3 Å². The summed E-state index contributed by atoms with van der Waals surface area (Å²) in [7, 11) is 0. The number of hydrogen-bond donors (Lipinski definition) is 3. The lowest BCUT2D eigenvalue weighted by Gasteiger charge is -2.13. The Kier molecular flexibility index (Phi) is 9.68. The lowest BCUT2D eigenvalue weighted by atomic mass is 10.1. The Hall–Kier alpha value is -2.90. The van der Waals surface area contributed by atoms with Crippen molar-refractivity contribution in [3.8, 4) is 17.2 Å². The second-order valence-electron chi connectivity index (χ2n) is 6.30. The van der Waals surface area contributed by atoms with Crippen LogP contribution in [0.3, 0.4) is 0 Å². The predicted octanol–water partition coefficient (Wildman–Crippen LogP) is 3.47. The summed E-state index contributed by atoms with van der Waals surface area (Å²) in [5.41, 5.74) is 0.675. The summed E-state index contributed by atoms with van der Waals surface area (Å²) < 4.78 is 53.8. The van der Waals surface area contributed by atoms with Crippen LogP contribution in [0.1, 0.15) is 12.5 Å². The summed E-state index contributed by atoms with van der Waals surface area (Å²) in [6.07, 6.45) is 0. The van der Waals surface area contributed by atoms with E-state index in [1.165, 1.54) is 30.3 Å². The molecule has 12 heteroatoms. The van der Waals surface area contributed by atoms with E-state index in [4.69, 9.17) is 9.47 Å². The first-order valence-electron chi connectivity index (χ1n) is 9.39. The maximum absolute atomic E-state index is 13.2. The van der Waals surface area contributed by atoms with Crippen LogP contribution >= 0.6 is 24.0 Å². The fourth-order valence-corrected chi connectivity index (χ4v) is 2.74. The summed E-state index contributed by atoms with van der Waals surface area (Å²) in [4.78, 5) is 16.4. The molecule has 1 amide bonds. The highest BCUT2D eigenvalue weighted by atomic mass is 127. The Labute approximate surface area is 199 Å². The minimum absolute atomic E-state index is 0. The largest absolute Gasteiger partial charge is 0.454 e. The van der Waals surface area contributed by atoms with Crippen LogP contribution in [0, 0.1) is 5.82 Å². The molecule has 0 unspecified atom stereocenters. The first-order valence-corrected chi connectivity index (χ1v) is 9.39. The van der Waals surface area contributed by atoms with Gasteiger partial charge in [-0.15, -0.1) is 24.0 Å². The number of fused-ring (bicyclic) bond motifs is 1. The maximum Gasteiger partial charge on any atom is 0.387 e. The standard InChI is InChI=1S/C20H21F3N4O4.HI/c1-2-24-20(26-10-18(28)27-14-5-3-4-13(21)7-14)25-9-12-6-16-17(30-11-29-16)8-15(12)31-19(22)23;/h3-8,19H,2,9-11H2,1H3,(H,27,28)(H2,24,25,26);1H. The van der Waals surface area contributed by atoms with Crippen molar-refractivity contribution in [2.24, 2.45) is 4.99 Å². The van der Waals surface area contributed by atoms with Gasteiger partial charge in [0.2, 0.25) is 12.7 Å². The zero-order chi connectivity index (χ0) is 22.2. The van der Waals surface area contributed by atoms with Crippen LogP contribution in [-0.4, -0.2) is 38.4 Å². The quantitative estimate of drug-likeness (QED) is 0.258. The molecule has 1 aliphatic heterocycles. The molecule has 2 aromatic rings. The van der Waals surface area contributed by atoms with E-state index < -0.39 is 18.3 Å². The molecule has 8 nitrogen and oxygen atoms in total. The first kappa shape index (κ1) is 25.4. The minimum atomic E-state index is -3.01. The molecule has 0 atom stereocenters. The molecule has 3 N–H and O–H groups in total. The fourth-order valence-electron chi connectivity index (χ4n) is 2.74. The third-order valence-electron chi connectivity index (χ3n) is 4.05. The lowest BCUT2D eigenvalue weighted by Crippen LogP contribution is -2.41. The molecule has 0 bridgehead atoms. The van der Waals surface area contributed by atoms with Crippen LogP contribution in [0.4, 0.5) is 18.9 Å². The van der Waals surface area contributed by atoms with Crippen molar-refractivity contribution in [1.29, 1.82) is 0 Å². The maximum atomic E-state index is 13.2. The highest BCUT2D eigenvalue weighted by molar-refractivity contribution is 14.0. The van der Waals surface area contributed by atoms with Crippen molar-refractivity contribution in [2.75, 3.05) is 25.2 Å². The SMILES string of the molecule is CCNC(=NCc1cc2c(cc1OC(F)F)OCO2)NCC(=O)Nc1cccc(F)c1.I. The number of halogens is 4. The van der Waals surface area contributed by atoms with Gasteiger partial charge in [0.15, 0.2) is 17.5 Å². The zero-order valence-electron chi connectivity index (χ0n) is 17.0. The number of nitrogens with zero attached hydrogens (tertiary/aromatic N) is 1. The topological polar surface area (TPSA) is 93.2 Å². The summed E-state index contributed by atoms with van der Waals surface area (Å²) in [5, 5.41) is 8.33. The Morgan fingerprint density at radius 1 is 1.19 bits per heavy atom. The van der Waals surface area contributed by atoms with Gasteiger partial charge in [0.25, 0.3) is 0 Å². The van der Waals surface area contributed by atoms with Gasteiger partial charge in [-0.3, -0.25) is 4.79 Å². The molecule has 0 radical (unpaired) electrons. The van der Waals surface area contributed by atoms with E-state index in [2.05, 4.69) is 25.7 Å². The van der Waals surface area contributed by atoms with Crippen LogP contribution in [-0.2, 0) is 11.3 Å². The van der Waals surface area contributed by atoms with E-state index in [0.717, 1.165) is 0 Å². The fraction of sp³-hybridized carbons (Fsp3) is 0.300. The highest BCUT2D eigenvalue weighted by Gasteiger charge is 2.20. The molecule has 174 valence electrons. The molecule has 2 aromatic carbocycles. The lowest BCUT2D eigenvalue weighted by molar-refractivity contribution is -0.115. The molecule has 0 aromatic heterocycles. The van der Waals surface area contributed by atoms with Gasteiger partial charge in [0.1, 0.15) is 11.6 Å². The van der Waals surface area contributed by atoms with E-state index in [1.807, 2.05) is 6.92 Å². The molecular weight excluding hydrogens is 544 g/mol. The second-order valence-corrected chi connectivity index (χ2v) is 6.30. The smallest absolute Gasteiger partial charge is 0.387 e. The number of aliphatic imine (C=N–C) groups is 1. The molecule has 0 aliphatic carbocycles. The van der Waals surface area contributed by atoms with Crippen LogP contribution in [0.15, 0.2) is 41.4 Å². The molecule has 1 heterocycles. The molecule has 32 heavy (non-hydrogen) atoms. The number of amides is 1. The van der Waals surface area contributed by atoms with Crippen LogP contribution < -0.4 is 30.2 Å². The number of carbonyl (C=O) groups excluding carboxylic acids is 1. The second kappa shape index (κ2) is 12.2. The molecule has 3 rings (SSSR count). The first-order chi connectivity index (χ1) is 14.9. The summed E-state index contributed by atoms with van der Waals surface area (Å²) in [6, 6.07) is 8.35. The third-order valence-corrected chi connectivity index (χ3v) is 4.05. The van der Waals surface area contributed by atoms with Crippen molar-refractivity contribution in [3.63, 3.8) is 0 Å². The average Bonchev–Trinajstić information content (AvgIpc) is 3.16. The van der Waals surface area contributed by atoms with Crippen LogP contribution in [0.25, 0.3) is 0 Å². The predicted molar refractivity (Wildman–Crippen MR) is 122 cm³/mol. The van der Waals surface area contributed by atoms with Gasteiger partial charge in [-0.25, -0.2) is 9.38 Å². The van der Waals surface area contributed by atoms with Crippen molar-refractivity contribution in [1.82, 2.24) is 10.6 Å². The van der Waals surface area contributed by atoms with E-state index in [1.54, 1.807) is 6.07 Å². The van der Waals surface area contributed by atoms with Gasteiger partial charge in [0.05, 0.1) is 13.1 Å². The van der Waals surface area contributed by atoms with Crippen molar-refractivity contribution >= 4 is 41.5 Å². The monoisotopic (exact) mass is 566 g/mol. The number of alkyl halides is 2. The molecular formula is C20H22F3IN4O4. The number of carbonyl (C=O) groups is 1. The number of ether oxygens (including phenoxy) is 3. The summed E-state index contributed by atoms with van der Waals surface area (Å²) in [5.74, 6) is 0.0224. The Morgan fingerprint density at radius 2 is 1.94 bits per heavy atom. The molecule has 0 saturated heterocycles.